The van der Waals surface area contributed by atoms with Gasteiger partial charge in [0.15, 0.2) is 0 Å². The average Bonchev–Trinajstić information content (AvgIpc) is 2.61. The number of ether oxygens (including phenoxy) is 1. The van der Waals surface area contributed by atoms with Crippen LogP contribution in [0.3, 0.4) is 0 Å². The van der Waals surface area contributed by atoms with Gasteiger partial charge in [0.25, 0.3) is 0 Å². The Balaban J connectivity index is 2.12. The van der Waals surface area contributed by atoms with Gasteiger partial charge in [-0.25, -0.2) is 4.98 Å². The second kappa shape index (κ2) is 6.10. The van der Waals surface area contributed by atoms with E-state index < -0.39 is 0 Å². The minimum absolute atomic E-state index is 0.689. The molecule has 3 rings (SSSR count). The number of allylic oxidation sites excluding steroid dienone is 2. The Hall–Kier alpha value is -1.13. The van der Waals surface area contributed by atoms with Crippen LogP contribution in [-0.2, 0) is 6.42 Å². The predicted octanol–water partition coefficient (Wildman–Crippen LogP) is 5.36. The number of hydrogen-bond acceptors (Lipinski definition) is 2. The number of hydrogen-bond donors (Lipinski definition) is 0. The highest BCUT2D eigenvalue weighted by atomic mass is 79.9. The fraction of sp³-hybridized carbons (Fsp3) is 0.188. The molecule has 20 heavy (non-hydrogen) atoms. The Kier molecular flexibility index (Phi) is 4.22. The molecular formula is C16H13Br2NO. The largest absolute Gasteiger partial charge is 0.438 e. The zero-order chi connectivity index (χ0) is 13.9. The highest BCUT2D eigenvalue weighted by molar-refractivity contribution is 9.10. The fourth-order valence-electron chi connectivity index (χ4n) is 2.32. The van der Waals surface area contributed by atoms with Crippen molar-refractivity contribution < 1.29 is 4.74 Å². The molecule has 0 unspecified atom stereocenters. The lowest BCUT2D eigenvalue weighted by atomic mass is 9.98. The summed E-state index contributed by atoms with van der Waals surface area (Å²) in [6, 6.07) is 10.1. The van der Waals surface area contributed by atoms with Gasteiger partial charge in [0.05, 0.1) is 0 Å². The lowest BCUT2D eigenvalue weighted by Gasteiger charge is -2.07. The third-order valence-corrected chi connectivity index (χ3v) is 4.18. The molecule has 0 bridgehead atoms. The first-order valence-electron chi connectivity index (χ1n) is 6.44. The average molecular weight is 395 g/mol. The van der Waals surface area contributed by atoms with Crippen molar-refractivity contribution in [3.63, 3.8) is 0 Å². The first kappa shape index (κ1) is 13.8. The van der Waals surface area contributed by atoms with E-state index in [1.165, 1.54) is 11.1 Å². The third kappa shape index (κ3) is 2.81. The molecule has 0 amide bonds. The van der Waals surface area contributed by atoms with Gasteiger partial charge >= 0.3 is 0 Å². The van der Waals surface area contributed by atoms with E-state index >= 15 is 0 Å². The van der Waals surface area contributed by atoms with E-state index in [0.29, 0.717) is 5.88 Å². The maximum Gasteiger partial charge on any atom is 0.226 e. The first-order chi connectivity index (χ1) is 9.78. The molecule has 0 fully saturated rings. The number of rotatable bonds is 2. The maximum absolute atomic E-state index is 5.98. The third-order valence-electron chi connectivity index (χ3n) is 3.23. The van der Waals surface area contributed by atoms with E-state index in [1.807, 2.05) is 18.2 Å². The molecule has 1 aliphatic rings. The first-order valence-corrected chi connectivity index (χ1v) is 8.36. The molecule has 2 aromatic rings. The van der Waals surface area contributed by atoms with Crippen LogP contribution in [0, 0.1) is 0 Å². The molecule has 1 aromatic heterocycles. The van der Waals surface area contributed by atoms with Crippen LogP contribution in [0.2, 0.25) is 0 Å². The van der Waals surface area contributed by atoms with Crippen LogP contribution in [0.1, 0.15) is 17.5 Å². The maximum atomic E-state index is 5.98. The molecule has 2 heterocycles. The van der Waals surface area contributed by atoms with E-state index in [-0.39, 0.29) is 0 Å². The van der Waals surface area contributed by atoms with Gasteiger partial charge < -0.3 is 4.74 Å². The second-order valence-corrected chi connectivity index (χ2v) is 6.30. The van der Waals surface area contributed by atoms with Crippen molar-refractivity contribution in [3.05, 3.63) is 58.2 Å². The predicted molar refractivity (Wildman–Crippen MR) is 88.5 cm³/mol. The zero-order valence-electron chi connectivity index (χ0n) is 10.8. The molecule has 4 heteroatoms. The Morgan fingerprint density at radius 2 is 2.20 bits per heavy atom. The number of nitrogens with zero attached hydrogens (tertiary/aromatic N) is 1. The molecule has 0 spiro atoms. The fourth-order valence-corrected chi connectivity index (χ4v) is 2.96. The summed E-state index contributed by atoms with van der Waals surface area (Å²) in [5.74, 6) is 1.57. The highest BCUT2D eigenvalue weighted by Gasteiger charge is 2.19. The van der Waals surface area contributed by atoms with Crippen LogP contribution in [0.15, 0.2) is 47.1 Å². The molecular weight excluding hydrogens is 382 g/mol. The van der Waals surface area contributed by atoms with Crippen molar-refractivity contribution in [2.45, 2.75) is 12.8 Å². The summed E-state index contributed by atoms with van der Waals surface area (Å²) in [6.45, 7) is 0. The summed E-state index contributed by atoms with van der Waals surface area (Å²) in [7, 11) is 0. The summed E-state index contributed by atoms with van der Waals surface area (Å²) >= 11 is 7.01. The van der Waals surface area contributed by atoms with Crippen molar-refractivity contribution in [1.82, 2.24) is 4.98 Å². The summed E-state index contributed by atoms with van der Waals surface area (Å²) in [4.78, 5) is 4.37. The summed E-state index contributed by atoms with van der Waals surface area (Å²) in [6.07, 6.45) is 5.88. The molecule has 0 atom stereocenters. The summed E-state index contributed by atoms with van der Waals surface area (Å²) < 4.78 is 7.05. The van der Waals surface area contributed by atoms with E-state index in [2.05, 4.69) is 55.1 Å². The van der Waals surface area contributed by atoms with E-state index in [4.69, 9.17) is 4.74 Å². The Morgan fingerprint density at radius 3 is 3.05 bits per heavy atom. The summed E-state index contributed by atoms with van der Waals surface area (Å²) in [5.41, 5.74) is 3.53. The minimum atomic E-state index is 0.689. The Morgan fingerprint density at radius 1 is 1.30 bits per heavy atom. The van der Waals surface area contributed by atoms with E-state index in [1.54, 1.807) is 6.20 Å². The van der Waals surface area contributed by atoms with Gasteiger partial charge in [-0.3, -0.25) is 0 Å². The van der Waals surface area contributed by atoms with E-state index in [0.717, 1.165) is 34.0 Å². The number of halogens is 2. The molecule has 0 saturated carbocycles. The van der Waals surface area contributed by atoms with Crippen LogP contribution in [0.25, 0.3) is 5.57 Å². The van der Waals surface area contributed by atoms with Crippen molar-refractivity contribution in [2.75, 3.05) is 5.33 Å². The molecule has 0 radical (unpaired) electrons. The number of fused-ring (bicyclic) bond motifs is 2. The Bertz CT molecular complexity index is 667. The SMILES string of the molecule is BrCCC=C1Cc2cc(Br)ccc2Oc2ncccc21. The second-order valence-electron chi connectivity index (χ2n) is 4.59. The topological polar surface area (TPSA) is 22.1 Å². The molecule has 2 nitrogen and oxygen atoms in total. The smallest absolute Gasteiger partial charge is 0.226 e. The van der Waals surface area contributed by atoms with Gasteiger partial charge in [0.1, 0.15) is 5.75 Å². The van der Waals surface area contributed by atoms with Crippen LogP contribution >= 0.6 is 31.9 Å². The normalized spacial score (nSPS) is 15.2. The lowest BCUT2D eigenvalue weighted by molar-refractivity contribution is 0.460. The number of pyridine rings is 1. The number of benzene rings is 1. The van der Waals surface area contributed by atoms with Crippen molar-refractivity contribution in [2.24, 2.45) is 0 Å². The summed E-state index contributed by atoms with van der Waals surface area (Å²) in [5, 5.41) is 0.957. The molecule has 0 saturated heterocycles. The van der Waals surface area contributed by atoms with Gasteiger partial charge in [-0.2, -0.15) is 0 Å². The molecule has 102 valence electrons. The van der Waals surface area contributed by atoms with Gasteiger partial charge in [-0.1, -0.05) is 37.9 Å². The quantitative estimate of drug-likeness (QED) is 0.639. The molecule has 0 N–H and O–H groups in total. The standard InChI is InChI=1S/C16H13Br2NO/c17-7-1-3-11-9-12-10-13(18)5-6-15(12)20-16-14(11)4-2-8-19-16/h2-6,8,10H,1,7,9H2. The van der Waals surface area contributed by atoms with Crippen LogP contribution in [0.4, 0.5) is 0 Å². The van der Waals surface area contributed by atoms with Gasteiger partial charge in [0.2, 0.25) is 5.88 Å². The van der Waals surface area contributed by atoms with Gasteiger partial charge in [0, 0.05) is 33.5 Å². The minimum Gasteiger partial charge on any atom is -0.438 e. The van der Waals surface area contributed by atoms with Crippen molar-refractivity contribution in [1.29, 1.82) is 0 Å². The molecule has 1 aliphatic heterocycles. The van der Waals surface area contributed by atoms with Gasteiger partial charge in [-0.15, -0.1) is 0 Å². The lowest BCUT2D eigenvalue weighted by Crippen LogP contribution is -1.91. The number of alkyl halides is 1. The monoisotopic (exact) mass is 393 g/mol. The van der Waals surface area contributed by atoms with Crippen molar-refractivity contribution >= 4 is 37.4 Å². The van der Waals surface area contributed by atoms with Gasteiger partial charge in [-0.05, 0) is 42.3 Å². The van der Waals surface area contributed by atoms with Crippen LogP contribution in [0.5, 0.6) is 11.6 Å². The number of aromatic nitrogens is 1. The highest BCUT2D eigenvalue weighted by Crippen LogP contribution is 2.38. The molecule has 0 aliphatic carbocycles. The zero-order valence-corrected chi connectivity index (χ0v) is 13.9. The van der Waals surface area contributed by atoms with Crippen molar-refractivity contribution in [3.8, 4) is 11.6 Å². The Labute approximate surface area is 135 Å². The van der Waals surface area contributed by atoms with E-state index in [9.17, 15) is 0 Å². The van der Waals surface area contributed by atoms with Crippen LogP contribution in [-0.4, -0.2) is 10.3 Å². The molecule has 1 aromatic carbocycles. The van der Waals surface area contributed by atoms with Crippen LogP contribution < -0.4 is 4.74 Å².